The summed E-state index contributed by atoms with van der Waals surface area (Å²) in [4.78, 5) is 51.2. The molecular weight excluding hydrogens is 997 g/mol. The highest BCUT2D eigenvalue weighted by Crippen LogP contribution is 2.26. The average Bonchev–Trinajstić information content (AvgIpc) is 3.46. The van der Waals surface area contributed by atoms with Crippen LogP contribution in [0.4, 0.5) is 0 Å². The van der Waals surface area contributed by atoms with Crippen LogP contribution in [0.25, 0.3) is 0 Å². The predicted molar refractivity (Wildman–Crippen MR) is 321 cm³/mol. The number of hydrogen-bond acceptors (Lipinski definition) is 11. The fourth-order valence-corrected chi connectivity index (χ4v) is 8.12. The highest BCUT2D eigenvalue weighted by atomic mass is 16.7. The fraction of sp³-hybridized carbons (Fsp3) is 0.612. The van der Waals surface area contributed by atoms with Crippen LogP contribution in [0.3, 0.4) is 0 Å². The van der Waals surface area contributed by atoms with Crippen LogP contribution in [-0.2, 0) is 42.9 Å². The zero-order valence-electron chi connectivity index (χ0n) is 48.8. The molecule has 0 radical (unpaired) electrons. The molecule has 1 fully saturated rings. The Bertz CT molecular complexity index is 1880. The van der Waals surface area contributed by atoms with Crippen LogP contribution in [0, 0.1) is 0 Å². The summed E-state index contributed by atoms with van der Waals surface area (Å²) in [6.07, 6.45) is 62.7. The van der Waals surface area contributed by atoms with Gasteiger partial charge in [0.05, 0.1) is 6.61 Å². The Labute approximate surface area is 477 Å². The van der Waals surface area contributed by atoms with Crippen molar-refractivity contribution in [1.29, 1.82) is 0 Å². The number of ether oxygens (including phenoxy) is 5. The molecule has 1 rings (SSSR count). The number of rotatable bonds is 49. The molecule has 0 aromatic heterocycles. The van der Waals surface area contributed by atoms with E-state index in [9.17, 15) is 34.5 Å². The van der Waals surface area contributed by atoms with Crippen LogP contribution in [0.5, 0.6) is 0 Å². The lowest BCUT2D eigenvalue weighted by Crippen LogP contribution is -2.61. The first-order valence-electron chi connectivity index (χ1n) is 30.2. The van der Waals surface area contributed by atoms with Crippen molar-refractivity contribution in [3.8, 4) is 0 Å². The van der Waals surface area contributed by atoms with Crippen molar-refractivity contribution in [2.24, 2.45) is 0 Å². The molecule has 0 spiro atoms. The molecule has 79 heavy (non-hydrogen) atoms. The average molecular weight is 1100 g/mol. The number of carbonyl (C=O) groups is 4. The molecular formula is C67H104O12. The molecule has 12 heteroatoms. The minimum atomic E-state index is -1.93. The van der Waals surface area contributed by atoms with Crippen molar-refractivity contribution in [2.45, 2.75) is 250 Å². The van der Waals surface area contributed by atoms with Crippen molar-refractivity contribution in [3.63, 3.8) is 0 Å². The number of allylic oxidation sites excluding steroid dienone is 22. The largest absolute Gasteiger partial charge is 0.479 e. The van der Waals surface area contributed by atoms with Gasteiger partial charge in [-0.2, -0.15) is 0 Å². The van der Waals surface area contributed by atoms with Gasteiger partial charge in [0.15, 0.2) is 24.6 Å². The lowest BCUT2D eigenvalue weighted by atomic mass is 9.98. The number of carboxylic acids is 1. The molecule has 1 saturated heterocycles. The molecule has 12 nitrogen and oxygen atoms in total. The normalized spacial score (nSPS) is 18.8. The SMILES string of the molecule is CC/C=C\C/C=C\C/C=C\C/C=C\C/C=C\CCCCCC(=O)OCC(COC1OC(C(=O)O)C(O)C(O)C1OC(=O)CCCC/C=C\C/C=C\C/C=C\C/C=C\CC)OC(=O)CCCCCCC/C=C\C/C=C\CCCCC. The number of carbonyl (C=O) groups excluding carboxylic acids is 3. The van der Waals surface area contributed by atoms with Crippen molar-refractivity contribution in [3.05, 3.63) is 134 Å². The number of aliphatic carboxylic acids is 1. The summed E-state index contributed by atoms with van der Waals surface area (Å²) in [5.41, 5.74) is 0. The van der Waals surface area contributed by atoms with Crippen LogP contribution in [-0.4, -0.2) is 89.2 Å². The Morgan fingerprint density at radius 1 is 0.430 bits per heavy atom. The molecule has 0 aliphatic carbocycles. The molecule has 0 aromatic carbocycles. The molecule has 1 aliphatic heterocycles. The van der Waals surface area contributed by atoms with E-state index in [1.54, 1.807) is 0 Å². The van der Waals surface area contributed by atoms with Crippen molar-refractivity contribution in [2.75, 3.05) is 13.2 Å². The highest BCUT2D eigenvalue weighted by Gasteiger charge is 2.50. The van der Waals surface area contributed by atoms with Crippen LogP contribution >= 0.6 is 0 Å². The second-order valence-corrected chi connectivity index (χ2v) is 19.9. The van der Waals surface area contributed by atoms with E-state index in [0.29, 0.717) is 25.7 Å². The first-order valence-corrected chi connectivity index (χ1v) is 30.2. The van der Waals surface area contributed by atoms with Crippen molar-refractivity contribution < 1.29 is 58.2 Å². The van der Waals surface area contributed by atoms with Crippen molar-refractivity contribution >= 4 is 23.9 Å². The maximum atomic E-state index is 13.2. The van der Waals surface area contributed by atoms with E-state index in [2.05, 4.69) is 154 Å². The predicted octanol–water partition coefficient (Wildman–Crippen LogP) is 15.8. The number of aliphatic hydroxyl groups is 2. The quantitative estimate of drug-likeness (QED) is 0.0228. The molecule has 3 N–H and O–H groups in total. The van der Waals surface area contributed by atoms with E-state index in [0.717, 1.165) is 128 Å². The van der Waals surface area contributed by atoms with Crippen LogP contribution in [0.2, 0.25) is 0 Å². The Hall–Kier alpha value is -5.14. The second kappa shape index (κ2) is 53.5. The van der Waals surface area contributed by atoms with E-state index in [1.807, 2.05) is 0 Å². The zero-order chi connectivity index (χ0) is 57.5. The minimum absolute atomic E-state index is 0.00431. The monoisotopic (exact) mass is 1100 g/mol. The molecule has 6 atom stereocenters. The standard InChI is InChI=1S/C67H104O12/c1-4-7-10-13-16-19-22-25-28-29-30-31-34-35-38-41-44-47-50-53-59(68)75-56-58(77-60(69)54-51-48-45-42-39-36-32-26-23-20-17-14-11-8-5-2)57-76-67-65(63(72)62(71)64(79-67)66(73)74)78-61(70)55-52-49-46-43-40-37-33-27-24-21-18-15-12-9-6-3/h7,9-10,12,16-21,25-28,30-33,35,38,40,43,58,62-65,67,71-72H,4-6,8,11,13-15,22-24,29,34,36-37,39,41-42,44-57H2,1-3H3,(H,73,74)/b10-7-,12-9-,19-16-,20-17-,21-18-,28-25-,31-30-,32-26-,33-27-,38-35-,43-40-. The summed E-state index contributed by atoms with van der Waals surface area (Å²) in [7, 11) is 0. The van der Waals surface area contributed by atoms with Gasteiger partial charge >= 0.3 is 23.9 Å². The maximum Gasteiger partial charge on any atom is 0.335 e. The minimum Gasteiger partial charge on any atom is -0.479 e. The fourth-order valence-electron chi connectivity index (χ4n) is 8.12. The molecule has 1 aliphatic rings. The Morgan fingerprint density at radius 2 is 0.797 bits per heavy atom. The van der Waals surface area contributed by atoms with Gasteiger partial charge < -0.3 is 39.0 Å². The molecule has 0 saturated carbocycles. The number of carboxylic acid groups (broad SMARTS) is 1. The lowest BCUT2D eigenvalue weighted by Gasteiger charge is -2.40. The van der Waals surface area contributed by atoms with Gasteiger partial charge in [-0.05, 0) is 135 Å². The van der Waals surface area contributed by atoms with E-state index in [-0.39, 0.29) is 25.9 Å². The summed E-state index contributed by atoms with van der Waals surface area (Å²) in [6.45, 7) is 5.66. The first kappa shape index (κ1) is 71.9. The van der Waals surface area contributed by atoms with E-state index in [1.165, 1.54) is 19.3 Å². The number of aliphatic hydroxyl groups excluding tert-OH is 2. The summed E-state index contributed by atoms with van der Waals surface area (Å²) >= 11 is 0. The van der Waals surface area contributed by atoms with Gasteiger partial charge in [0.25, 0.3) is 0 Å². The van der Waals surface area contributed by atoms with Crippen LogP contribution < -0.4 is 0 Å². The molecule has 1 heterocycles. The third kappa shape index (κ3) is 43.4. The van der Waals surface area contributed by atoms with Gasteiger partial charge in [-0.3, -0.25) is 14.4 Å². The molecule has 0 amide bonds. The lowest BCUT2D eigenvalue weighted by molar-refractivity contribution is -0.301. The zero-order valence-corrected chi connectivity index (χ0v) is 48.8. The molecule has 0 aromatic rings. The van der Waals surface area contributed by atoms with Crippen LogP contribution in [0.1, 0.15) is 213 Å². The molecule has 0 bridgehead atoms. The number of unbranched alkanes of at least 4 members (excludes halogenated alkanes) is 13. The van der Waals surface area contributed by atoms with Crippen molar-refractivity contribution in [1.82, 2.24) is 0 Å². The Balaban J connectivity index is 2.75. The Kier molecular flexibility index (Phi) is 48.7. The van der Waals surface area contributed by atoms with E-state index < -0.39 is 67.3 Å². The summed E-state index contributed by atoms with van der Waals surface area (Å²) in [6, 6.07) is 0. The smallest absolute Gasteiger partial charge is 0.335 e. The third-order valence-electron chi connectivity index (χ3n) is 12.7. The Morgan fingerprint density at radius 3 is 1.25 bits per heavy atom. The van der Waals surface area contributed by atoms with Gasteiger partial charge in [-0.1, -0.05) is 193 Å². The second-order valence-electron chi connectivity index (χ2n) is 19.9. The maximum absolute atomic E-state index is 13.2. The molecule has 444 valence electrons. The van der Waals surface area contributed by atoms with E-state index in [4.69, 9.17) is 23.7 Å². The van der Waals surface area contributed by atoms with E-state index >= 15 is 0 Å². The van der Waals surface area contributed by atoms with Gasteiger partial charge in [0, 0.05) is 19.3 Å². The van der Waals surface area contributed by atoms with Gasteiger partial charge in [-0.15, -0.1) is 0 Å². The summed E-state index contributed by atoms with van der Waals surface area (Å²) in [5.74, 6) is -3.26. The van der Waals surface area contributed by atoms with Gasteiger partial charge in [0.1, 0.15) is 18.8 Å². The topological polar surface area (TPSA) is 175 Å². The highest BCUT2D eigenvalue weighted by molar-refractivity contribution is 5.74. The first-order chi connectivity index (χ1) is 38.6. The number of hydrogen-bond donors (Lipinski definition) is 3. The third-order valence-corrected chi connectivity index (χ3v) is 12.7. The summed E-state index contributed by atoms with van der Waals surface area (Å²) in [5, 5.41) is 31.5. The van der Waals surface area contributed by atoms with Crippen LogP contribution in [0.15, 0.2) is 134 Å². The van der Waals surface area contributed by atoms with Gasteiger partial charge in [-0.25, -0.2) is 4.79 Å². The van der Waals surface area contributed by atoms with Gasteiger partial charge in [0.2, 0.25) is 0 Å². The molecule has 6 unspecified atom stereocenters. The number of esters is 3. The summed E-state index contributed by atoms with van der Waals surface area (Å²) < 4.78 is 28.4.